The van der Waals surface area contributed by atoms with E-state index in [2.05, 4.69) is 72.1 Å². The summed E-state index contributed by atoms with van der Waals surface area (Å²) >= 11 is 1.78. The Morgan fingerprint density at radius 2 is 1.86 bits per heavy atom. The Labute approximate surface area is 131 Å². The Hall–Kier alpha value is -1.81. The summed E-state index contributed by atoms with van der Waals surface area (Å²) in [6.45, 7) is 8.71. The quantitative estimate of drug-likeness (QED) is 0.653. The zero-order chi connectivity index (χ0) is 15.1. The number of aryl methyl sites for hydroxylation is 2. The van der Waals surface area contributed by atoms with Gasteiger partial charge in [0.05, 0.1) is 13.1 Å². The van der Waals surface area contributed by atoms with Crippen LogP contribution in [0.15, 0.2) is 40.7 Å². The Kier molecular flexibility index (Phi) is 5.81. The van der Waals surface area contributed by atoms with Crippen molar-refractivity contribution in [1.82, 2.24) is 10.6 Å². The maximum Gasteiger partial charge on any atom is 0.191 e. The van der Waals surface area contributed by atoms with Gasteiger partial charge in [-0.25, -0.2) is 4.99 Å². The molecule has 2 rings (SSSR count). The monoisotopic (exact) mass is 301 g/mol. The average Bonchev–Trinajstić information content (AvgIpc) is 2.89. The lowest BCUT2D eigenvalue weighted by molar-refractivity contribution is 0.821. The van der Waals surface area contributed by atoms with E-state index in [-0.39, 0.29) is 0 Å². The van der Waals surface area contributed by atoms with Gasteiger partial charge < -0.3 is 10.6 Å². The smallest absolute Gasteiger partial charge is 0.191 e. The number of hydrogen-bond donors (Lipinski definition) is 2. The van der Waals surface area contributed by atoms with Crippen LogP contribution in [0.4, 0.5) is 0 Å². The van der Waals surface area contributed by atoms with Gasteiger partial charge in [0.2, 0.25) is 0 Å². The van der Waals surface area contributed by atoms with E-state index in [4.69, 9.17) is 0 Å². The highest BCUT2D eigenvalue weighted by molar-refractivity contribution is 7.10. The van der Waals surface area contributed by atoms with Crippen molar-refractivity contribution in [2.45, 2.75) is 33.9 Å². The van der Waals surface area contributed by atoms with E-state index >= 15 is 0 Å². The lowest BCUT2D eigenvalue weighted by atomic mass is 10.1. The number of nitrogens with one attached hydrogen (secondary N) is 2. The third-order valence-corrected chi connectivity index (χ3v) is 4.29. The van der Waals surface area contributed by atoms with Crippen molar-refractivity contribution in [3.05, 3.63) is 57.3 Å². The van der Waals surface area contributed by atoms with Crippen LogP contribution < -0.4 is 10.6 Å². The highest BCUT2D eigenvalue weighted by Gasteiger charge is 2.02. The van der Waals surface area contributed by atoms with Gasteiger partial charge in [-0.15, -0.1) is 11.3 Å². The fraction of sp³-hybridized carbons (Fsp3) is 0.353. The number of guanidine groups is 1. The predicted molar refractivity (Wildman–Crippen MR) is 91.9 cm³/mol. The van der Waals surface area contributed by atoms with Crippen LogP contribution in [0, 0.1) is 13.8 Å². The van der Waals surface area contributed by atoms with Crippen LogP contribution in [-0.4, -0.2) is 12.5 Å². The molecule has 2 N–H and O–H groups in total. The summed E-state index contributed by atoms with van der Waals surface area (Å²) in [5.41, 5.74) is 3.84. The first kappa shape index (κ1) is 15.6. The number of benzene rings is 1. The highest BCUT2D eigenvalue weighted by Crippen LogP contribution is 2.14. The molecular formula is C17H23N3S. The van der Waals surface area contributed by atoms with E-state index in [0.717, 1.165) is 19.0 Å². The Balaban J connectivity index is 1.95. The summed E-state index contributed by atoms with van der Waals surface area (Å²) in [5, 5.41) is 8.81. The third kappa shape index (κ3) is 4.90. The molecular weight excluding hydrogens is 278 g/mol. The van der Waals surface area contributed by atoms with Crippen molar-refractivity contribution >= 4 is 17.3 Å². The molecule has 3 nitrogen and oxygen atoms in total. The molecule has 0 aliphatic carbocycles. The van der Waals surface area contributed by atoms with E-state index in [9.17, 15) is 0 Å². The summed E-state index contributed by atoms with van der Waals surface area (Å²) in [6.07, 6.45) is 0. The van der Waals surface area contributed by atoms with E-state index < -0.39 is 0 Å². The van der Waals surface area contributed by atoms with Gasteiger partial charge in [-0.1, -0.05) is 29.8 Å². The number of nitrogens with zero attached hydrogens (tertiary/aromatic N) is 1. The molecule has 0 spiro atoms. The topological polar surface area (TPSA) is 36.4 Å². The minimum atomic E-state index is 0.693. The molecule has 0 saturated carbocycles. The molecule has 0 amide bonds. The first-order valence-electron chi connectivity index (χ1n) is 7.29. The molecule has 0 radical (unpaired) electrons. The van der Waals surface area contributed by atoms with Gasteiger partial charge in [-0.05, 0) is 43.3 Å². The second-order valence-electron chi connectivity index (χ2n) is 5.06. The zero-order valence-corrected chi connectivity index (χ0v) is 13.8. The second-order valence-corrected chi connectivity index (χ2v) is 6.06. The van der Waals surface area contributed by atoms with Crippen LogP contribution in [-0.2, 0) is 13.1 Å². The molecule has 21 heavy (non-hydrogen) atoms. The molecule has 0 aliphatic rings. The first-order chi connectivity index (χ1) is 10.2. The molecule has 0 unspecified atom stereocenters. The van der Waals surface area contributed by atoms with Crippen molar-refractivity contribution < 1.29 is 0 Å². The van der Waals surface area contributed by atoms with E-state index in [1.165, 1.54) is 21.6 Å². The molecule has 4 heteroatoms. The SMILES string of the molecule is CCNC(=NCc1ccc(C)cc1)NCc1sccc1C. The van der Waals surface area contributed by atoms with Crippen molar-refractivity contribution in [2.24, 2.45) is 4.99 Å². The van der Waals surface area contributed by atoms with Gasteiger partial charge in [0.15, 0.2) is 5.96 Å². The lowest BCUT2D eigenvalue weighted by Crippen LogP contribution is -2.36. The molecule has 0 saturated heterocycles. The van der Waals surface area contributed by atoms with Gasteiger partial charge in [0.1, 0.15) is 0 Å². The Bertz CT molecular complexity index is 584. The molecule has 0 fully saturated rings. The maximum atomic E-state index is 4.64. The summed E-state index contributed by atoms with van der Waals surface area (Å²) in [6, 6.07) is 10.7. The standard InChI is InChI=1S/C17H23N3S/c1-4-18-17(20-12-16-14(3)9-10-21-16)19-11-15-7-5-13(2)6-8-15/h5-10H,4,11-12H2,1-3H3,(H2,18,19,20). The van der Waals surface area contributed by atoms with Crippen LogP contribution in [0.2, 0.25) is 0 Å². The molecule has 2 aromatic rings. The fourth-order valence-corrected chi connectivity index (χ4v) is 2.80. The molecule has 1 aromatic carbocycles. The summed E-state index contributed by atoms with van der Waals surface area (Å²) in [4.78, 5) is 6.00. The molecule has 0 aliphatic heterocycles. The van der Waals surface area contributed by atoms with Gasteiger partial charge in [-0.2, -0.15) is 0 Å². The molecule has 0 atom stereocenters. The second kappa shape index (κ2) is 7.84. The van der Waals surface area contributed by atoms with Gasteiger partial charge in [0.25, 0.3) is 0 Å². The average molecular weight is 301 g/mol. The summed E-state index contributed by atoms with van der Waals surface area (Å²) < 4.78 is 0. The lowest BCUT2D eigenvalue weighted by Gasteiger charge is -2.11. The van der Waals surface area contributed by atoms with Crippen molar-refractivity contribution in [3.63, 3.8) is 0 Å². The van der Waals surface area contributed by atoms with E-state index in [1.807, 2.05) is 0 Å². The van der Waals surface area contributed by atoms with Crippen LogP contribution in [0.5, 0.6) is 0 Å². The molecule has 0 bridgehead atoms. The van der Waals surface area contributed by atoms with E-state index in [0.29, 0.717) is 6.54 Å². The molecule has 1 aromatic heterocycles. The minimum absolute atomic E-state index is 0.693. The van der Waals surface area contributed by atoms with Gasteiger partial charge >= 0.3 is 0 Å². The minimum Gasteiger partial charge on any atom is -0.357 e. The summed E-state index contributed by atoms with van der Waals surface area (Å²) in [5.74, 6) is 0.867. The molecule has 1 heterocycles. The highest BCUT2D eigenvalue weighted by atomic mass is 32.1. The number of rotatable bonds is 5. The van der Waals surface area contributed by atoms with Crippen LogP contribution in [0.25, 0.3) is 0 Å². The fourth-order valence-electron chi connectivity index (χ4n) is 1.95. The largest absolute Gasteiger partial charge is 0.357 e. The predicted octanol–water partition coefficient (Wildman–Crippen LogP) is 3.62. The van der Waals surface area contributed by atoms with Gasteiger partial charge in [0, 0.05) is 11.4 Å². The van der Waals surface area contributed by atoms with Crippen molar-refractivity contribution in [3.8, 4) is 0 Å². The third-order valence-electron chi connectivity index (χ3n) is 3.27. The molecule has 112 valence electrons. The van der Waals surface area contributed by atoms with Crippen LogP contribution >= 0.6 is 11.3 Å². The number of hydrogen-bond acceptors (Lipinski definition) is 2. The van der Waals surface area contributed by atoms with Crippen molar-refractivity contribution in [1.29, 1.82) is 0 Å². The number of thiophene rings is 1. The summed E-state index contributed by atoms with van der Waals surface area (Å²) in [7, 11) is 0. The Morgan fingerprint density at radius 1 is 1.10 bits per heavy atom. The van der Waals surface area contributed by atoms with E-state index in [1.54, 1.807) is 11.3 Å². The normalized spacial score (nSPS) is 11.5. The maximum absolute atomic E-state index is 4.64. The van der Waals surface area contributed by atoms with Crippen molar-refractivity contribution in [2.75, 3.05) is 6.54 Å². The van der Waals surface area contributed by atoms with Crippen LogP contribution in [0.1, 0.15) is 28.5 Å². The number of aliphatic imine (C=N–C) groups is 1. The Morgan fingerprint density at radius 3 is 2.48 bits per heavy atom. The first-order valence-corrected chi connectivity index (χ1v) is 8.17. The van der Waals surface area contributed by atoms with Crippen LogP contribution in [0.3, 0.4) is 0 Å². The zero-order valence-electron chi connectivity index (χ0n) is 12.9. The van der Waals surface area contributed by atoms with Gasteiger partial charge in [-0.3, -0.25) is 0 Å².